The average Bonchev–Trinajstić information content (AvgIpc) is 2.83. The smallest absolute Gasteiger partial charge is 0.294 e. The van der Waals surface area contributed by atoms with Crippen LogP contribution in [0, 0.1) is 32.0 Å². The van der Waals surface area contributed by atoms with E-state index in [0.717, 1.165) is 10.4 Å². The van der Waals surface area contributed by atoms with Crippen LogP contribution in [0.1, 0.15) is 34.0 Å². The minimum Gasteiger partial charge on any atom is -0.333 e. The van der Waals surface area contributed by atoms with Crippen LogP contribution in [-0.2, 0) is 4.79 Å². The normalized spacial score (nSPS) is 11.1. The van der Waals surface area contributed by atoms with Gasteiger partial charge >= 0.3 is 0 Å². The van der Waals surface area contributed by atoms with Gasteiger partial charge in [-0.25, -0.2) is 4.39 Å². The van der Waals surface area contributed by atoms with Gasteiger partial charge in [0.05, 0.1) is 15.4 Å². The minimum absolute atomic E-state index is 0.00360. The quantitative estimate of drug-likeness (QED) is 0.483. The molecule has 1 N–H and O–H groups in total. The predicted octanol–water partition coefficient (Wildman–Crippen LogP) is 4.54. The van der Waals surface area contributed by atoms with Gasteiger partial charge in [0.1, 0.15) is 5.82 Å². The van der Waals surface area contributed by atoms with Crippen molar-refractivity contribution in [2.45, 2.75) is 33.2 Å². The predicted molar refractivity (Wildman–Crippen MR) is 99.6 cm³/mol. The number of hydrogen-bond acceptors (Lipinski definition) is 3. The summed E-state index contributed by atoms with van der Waals surface area (Å²) >= 11 is 7.07. The topological polar surface area (TPSA) is 46.2 Å². The van der Waals surface area contributed by atoms with Crippen molar-refractivity contribution in [2.24, 2.45) is 0 Å². The van der Waals surface area contributed by atoms with Crippen molar-refractivity contribution in [1.82, 2.24) is 5.32 Å². The highest BCUT2D eigenvalue weighted by molar-refractivity contribution is 7.15. The first-order chi connectivity index (χ1) is 11.6. The Kier molecular flexibility index (Phi) is 5.36. The summed E-state index contributed by atoms with van der Waals surface area (Å²) in [6.07, 6.45) is 5.34. The molecule has 0 aliphatic carbocycles. The summed E-state index contributed by atoms with van der Waals surface area (Å²) in [6, 6.07) is 4.38. The van der Waals surface area contributed by atoms with E-state index >= 15 is 0 Å². The van der Waals surface area contributed by atoms with Crippen molar-refractivity contribution in [2.75, 3.05) is 0 Å². The summed E-state index contributed by atoms with van der Waals surface area (Å²) in [5.74, 6) is 0.506. The number of Topliss-reactive ketones (excluding diaryl/α,β-unsaturated/α-hetero) is 1. The molecule has 0 aliphatic heterocycles. The van der Waals surface area contributed by atoms with Gasteiger partial charge in [-0.2, -0.15) is 0 Å². The van der Waals surface area contributed by atoms with Gasteiger partial charge in [-0.3, -0.25) is 9.59 Å². The molecule has 0 unspecified atom stereocenters. The number of aryl methyl sites for hydroxylation is 1. The first-order valence-corrected chi connectivity index (χ1v) is 8.67. The number of carbonyl (C=O) groups is 2. The van der Waals surface area contributed by atoms with Crippen LogP contribution in [-0.4, -0.2) is 17.2 Å². The van der Waals surface area contributed by atoms with Crippen molar-refractivity contribution >= 4 is 34.6 Å². The number of benzene rings is 1. The zero-order valence-corrected chi connectivity index (χ0v) is 15.9. The number of hydrogen-bond donors (Lipinski definition) is 1. The molecule has 0 radical (unpaired) electrons. The number of thiophene rings is 1. The summed E-state index contributed by atoms with van der Waals surface area (Å²) < 4.78 is 13.4. The van der Waals surface area contributed by atoms with Gasteiger partial charge in [0.25, 0.3) is 11.7 Å². The lowest BCUT2D eigenvalue weighted by Crippen LogP contribution is -2.45. The third kappa shape index (κ3) is 3.92. The van der Waals surface area contributed by atoms with Gasteiger partial charge in [0.2, 0.25) is 0 Å². The molecule has 6 heteroatoms. The maximum Gasteiger partial charge on any atom is 0.294 e. The van der Waals surface area contributed by atoms with Crippen LogP contribution in [0.25, 0.3) is 11.1 Å². The molecule has 3 nitrogen and oxygen atoms in total. The van der Waals surface area contributed by atoms with Crippen LogP contribution in [0.4, 0.5) is 4.39 Å². The standard InChI is InChI=1S/C19H17ClFNO2S/c1-6-19(4,5)22-18(24)16(23)17-10(2)15(11(3)25-17)12-7-8-14(21)13(20)9-12/h1,7-9H,2-5H3,(H,22,24). The first kappa shape index (κ1) is 19.2. The van der Waals surface area contributed by atoms with E-state index in [0.29, 0.717) is 16.0 Å². The van der Waals surface area contributed by atoms with Crippen LogP contribution >= 0.6 is 22.9 Å². The van der Waals surface area contributed by atoms with E-state index in [9.17, 15) is 14.0 Å². The molecule has 0 fully saturated rings. The fourth-order valence-corrected chi connectivity index (χ4v) is 3.73. The summed E-state index contributed by atoms with van der Waals surface area (Å²) in [4.78, 5) is 25.9. The zero-order chi connectivity index (χ0) is 18.9. The molecule has 0 bridgehead atoms. The van der Waals surface area contributed by atoms with E-state index in [2.05, 4.69) is 11.2 Å². The van der Waals surface area contributed by atoms with E-state index in [-0.39, 0.29) is 5.02 Å². The van der Waals surface area contributed by atoms with Crippen molar-refractivity contribution in [3.63, 3.8) is 0 Å². The Morgan fingerprint density at radius 3 is 2.52 bits per heavy atom. The van der Waals surface area contributed by atoms with E-state index in [4.69, 9.17) is 18.0 Å². The summed E-state index contributed by atoms with van der Waals surface area (Å²) in [5, 5.41) is 2.53. The summed E-state index contributed by atoms with van der Waals surface area (Å²) in [6.45, 7) is 6.86. The number of rotatable bonds is 4. The van der Waals surface area contributed by atoms with Crippen molar-refractivity contribution in [1.29, 1.82) is 0 Å². The van der Waals surface area contributed by atoms with Crippen LogP contribution in [0.5, 0.6) is 0 Å². The molecule has 1 heterocycles. The Bertz CT molecular complexity index is 909. The number of ketones is 1. The molecule has 25 heavy (non-hydrogen) atoms. The van der Waals surface area contributed by atoms with Crippen LogP contribution in [0.15, 0.2) is 18.2 Å². The van der Waals surface area contributed by atoms with Gasteiger partial charge in [-0.1, -0.05) is 23.6 Å². The minimum atomic E-state index is -0.916. The SMILES string of the molecule is C#CC(C)(C)NC(=O)C(=O)c1sc(C)c(-c2ccc(F)c(Cl)c2)c1C. The molecule has 0 saturated heterocycles. The molecule has 2 rings (SSSR count). The van der Waals surface area contributed by atoms with E-state index in [1.807, 2.05) is 6.92 Å². The fraction of sp³-hybridized carbons (Fsp3) is 0.263. The Balaban J connectivity index is 2.42. The van der Waals surface area contributed by atoms with E-state index < -0.39 is 23.0 Å². The lowest BCUT2D eigenvalue weighted by molar-refractivity contribution is -0.117. The Morgan fingerprint density at radius 1 is 1.32 bits per heavy atom. The Labute approximate surface area is 155 Å². The van der Waals surface area contributed by atoms with Crippen molar-refractivity contribution in [3.05, 3.63) is 44.4 Å². The monoisotopic (exact) mass is 377 g/mol. The number of nitrogens with one attached hydrogen (secondary N) is 1. The van der Waals surface area contributed by atoms with Crippen molar-refractivity contribution in [3.8, 4) is 23.5 Å². The van der Waals surface area contributed by atoms with Gasteiger partial charge in [-0.15, -0.1) is 17.8 Å². The highest BCUT2D eigenvalue weighted by Crippen LogP contribution is 2.37. The molecule has 0 saturated carbocycles. The highest BCUT2D eigenvalue weighted by Gasteiger charge is 2.27. The third-order valence-electron chi connectivity index (χ3n) is 3.73. The molecule has 0 atom stereocenters. The van der Waals surface area contributed by atoms with Crippen molar-refractivity contribution < 1.29 is 14.0 Å². The zero-order valence-electron chi connectivity index (χ0n) is 14.3. The van der Waals surface area contributed by atoms with E-state index in [1.165, 1.54) is 23.5 Å². The average molecular weight is 378 g/mol. The second kappa shape index (κ2) is 6.99. The number of halogens is 2. The fourth-order valence-electron chi connectivity index (χ4n) is 2.43. The van der Waals surface area contributed by atoms with Crippen LogP contribution < -0.4 is 5.32 Å². The number of carbonyl (C=O) groups excluding carboxylic acids is 2. The van der Waals surface area contributed by atoms with E-state index in [1.54, 1.807) is 26.8 Å². The van der Waals surface area contributed by atoms with Crippen LogP contribution in [0.3, 0.4) is 0 Å². The molecule has 0 spiro atoms. The lowest BCUT2D eigenvalue weighted by Gasteiger charge is -2.18. The Hall–Kier alpha value is -2.16. The molecule has 1 aromatic carbocycles. The van der Waals surface area contributed by atoms with Crippen LogP contribution in [0.2, 0.25) is 5.02 Å². The molecule has 1 aromatic heterocycles. The molecule has 130 valence electrons. The number of amides is 1. The second-order valence-electron chi connectivity index (χ2n) is 6.17. The maximum atomic E-state index is 13.4. The van der Waals surface area contributed by atoms with Gasteiger partial charge in [-0.05, 0) is 56.5 Å². The molecule has 2 aromatic rings. The Morgan fingerprint density at radius 2 is 1.96 bits per heavy atom. The molecular weight excluding hydrogens is 361 g/mol. The first-order valence-electron chi connectivity index (χ1n) is 7.47. The molecule has 1 amide bonds. The van der Waals surface area contributed by atoms with Gasteiger partial charge in [0, 0.05) is 4.88 Å². The highest BCUT2D eigenvalue weighted by atomic mass is 35.5. The maximum absolute atomic E-state index is 13.4. The lowest BCUT2D eigenvalue weighted by atomic mass is 10.00. The third-order valence-corrected chi connectivity index (χ3v) is 5.23. The molecular formula is C19H17ClFNO2S. The number of terminal acetylenes is 1. The second-order valence-corrected chi connectivity index (χ2v) is 7.80. The summed E-state index contributed by atoms with van der Waals surface area (Å²) in [7, 11) is 0. The van der Waals surface area contributed by atoms with Gasteiger partial charge in [0.15, 0.2) is 0 Å². The molecule has 0 aliphatic rings. The summed E-state index contributed by atoms with van der Waals surface area (Å²) in [5.41, 5.74) is 1.21. The van der Waals surface area contributed by atoms with Gasteiger partial charge < -0.3 is 5.32 Å². The largest absolute Gasteiger partial charge is 0.333 e.